The zero-order chi connectivity index (χ0) is 21.1. The van der Waals surface area contributed by atoms with Crippen molar-refractivity contribution in [1.29, 1.82) is 0 Å². The number of pyridine rings is 1. The van der Waals surface area contributed by atoms with E-state index in [0.717, 1.165) is 16.9 Å². The number of nitrogens with zero attached hydrogens (tertiary/aromatic N) is 5. The number of rotatable bonds is 2. The summed E-state index contributed by atoms with van der Waals surface area (Å²) in [7, 11) is -1.67. The van der Waals surface area contributed by atoms with Crippen molar-refractivity contribution in [2.45, 2.75) is 40.0 Å². The molecule has 0 atom stereocenters. The van der Waals surface area contributed by atoms with Gasteiger partial charge in [-0.2, -0.15) is 5.10 Å². The summed E-state index contributed by atoms with van der Waals surface area (Å²) >= 11 is 0. The number of hydrogen-bond donors (Lipinski definition) is 2. The molecule has 0 radical (unpaired) electrons. The van der Waals surface area contributed by atoms with E-state index < -0.39 is 12.5 Å². The van der Waals surface area contributed by atoms with Gasteiger partial charge in [-0.25, -0.2) is 9.50 Å². The van der Waals surface area contributed by atoms with Crippen LogP contribution in [-0.4, -0.2) is 41.1 Å². The van der Waals surface area contributed by atoms with E-state index in [9.17, 15) is 14.8 Å². The van der Waals surface area contributed by atoms with Gasteiger partial charge < -0.3 is 10.0 Å². The van der Waals surface area contributed by atoms with E-state index >= 15 is 0 Å². The second-order valence-electron chi connectivity index (χ2n) is 8.28. The van der Waals surface area contributed by atoms with Crippen LogP contribution in [0.15, 0.2) is 35.4 Å². The molecule has 0 aromatic carbocycles. The largest absolute Gasteiger partial charge is 0.489 e. The van der Waals surface area contributed by atoms with Gasteiger partial charge in [0.15, 0.2) is 0 Å². The SMILES string of the molecule is Cc1cn2nc(-c3nc4ccc(B(O)O)cn4c(=O)c3C(C)(C)C)cc2c(C)n1. The molecule has 0 aliphatic rings. The van der Waals surface area contributed by atoms with Crippen LogP contribution in [0.1, 0.15) is 37.7 Å². The molecular weight excluding hydrogens is 369 g/mol. The van der Waals surface area contributed by atoms with Crippen LogP contribution >= 0.6 is 0 Å². The molecule has 0 aliphatic heterocycles. The molecule has 0 bridgehead atoms. The van der Waals surface area contributed by atoms with E-state index in [0.29, 0.717) is 22.6 Å². The average Bonchev–Trinajstić information content (AvgIpc) is 3.04. The maximum absolute atomic E-state index is 13.4. The number of fused-ring (bicyclic) bond motifs is 2. The standard InChI is InChI=1S/C20H22BN5O3/c1-11-9-26-15(12(2)22-11)8-14(24-26)18-17(20(3,4)5)19(27)25-10-13(21(28)29)6-7-16(25)23-18/h6-10,28-29H,1-5H3. The van der Waals surface area contributed by atoms with Crippen molar-refractivity contribution in [3.05, 3.63) is 57.9 Å². The van der Waals surface area contributed by atoms with E-state index in [4.69, 9.17) is 4.98 Å². The lowest BCUT2D eigenvalue weighted by Gasteiger charge is -2.21. The monoisotopic (exact) mass is 391 g/mol. The average molecular weight is 391 g/mol. The molecule has 148 valence electrons. The lowest BCUT2D eigenvalue weighted by atomic mass is 9.81. The molecule has 0 fully saturated rings. The van der Waals surface area contributed by atoms with Crippen molar-refractivity contribution in [3.63, 3.8) is 0 Å². The molecular formula is C20H22BN5O3. The maximum atomic E-state index is 13.4. The first-order chi connectivity index (χ1) is 13.6. The normalized spacial score (nSPS) is 12.1. The van der Waals surface area contributed by atoms with E-state index in [1.807, 2.05) is 46.9 Å². The number of aromatic nitrogens is 5. The van der Waals surface area contributed by atoms with Gasteiger partial charge in [0.25, 0.3) is 5.56 Å². The molecule has 0 spiro atoms. The zero-order valence-corrected chi connectivity index (χ0v) is 17.0. The Balaban J connectivity index is 2.07. The number of aryl methyl sites for hydroxylation is 2. The fraction of sp³-hybridized carbons (Fsp3) is 0.300. The molecule has 2 N–H and O–H groups in total. The highest BCUT2D eigenvalue weighted by Crippen LogP contribution is 2.29. The van der Waals surface area contributed by atoms with Crippen LogP contribution in [0, 0.1) is 13.8 Å². The summed E-state index contributed by atoms with van der Waals surface area (Å²) in [5, 5.41) is 23.6. The summed E-state index contributed by atoms with van der Waals surface area (Å²) in [5.74, 6) is 0. The molecule has 0 aliphatic carbocycles. The summed E-state index contributed by atoms with van der Waals surface area (Å²) < 4.78 is 3.11. The predicted octanol–water partition coefficient (Wildman–Crippen LogP) is 0.998. The van der Waals surface area contributed by atoms with Crippen molar-refractivity contribution >= 4 is 23.7 Å². The van der Waals surface area contributed by atoms with Crippen LogP contribution in [0.4, 0.5) is 0 Å². The summed E-state index contributed by atoms with van der Waals surface area (Å²) in [6.07, 6.45) is 3.25. The third-order valence-corrected chi connectivity index (χ3v) is 4.90. The van der Waals surface area contributed by atoms with Gasteiger partial charge in [-0.15, -0.1) is 0 Å². The molecule has 8 nitrogen and oxygen atoms in total. The van der Waals surface area contributed by atoms with E-state index in [1.165, 1.54) is 16.7 Å². The van der Waals surface area contributed by atoms with Crippen molar-refractivity contribution in [3.8, 4) is 11.4 Å². The Kier molecular flexibility index (Phi) is 4.32. The Morgan fingerprint density at radius 1 is 1.07 bits per heavy atom. The quantitative estimate of drug-likeness (QED) is 0.494. The lowest BCUT2D eigenvalue weighted by molar-refractivity contribution is 0.425. The van der Waals surface area contributed by atoms with Crippen LogP contribution in [0.3, 0.4) is 0 Å². The fourth-order valence-corrected chi connectivity index (χ4v) is 3.58. The van der Waals surface area contributed by atoms with Crippen LogP contribution < -0.4 is 11.0 Å². The predicted molar refractivity (Wildman–Crippen MR) is 111 cm³/mol. The molecule has 4 rings (SSSR count). The molecule has 29 heavy (non-hydrogen) atoms. The van der Waals surface area contributed by atoms with Crippen LogP contribution in [0.25, 0.3) is 22.6 Å². The highest BCUT2D eigenvalue weighted by Gasteiger charge is 2.27. The van der Waals surface area contributed by atoms with Gasteiger partial charge in [-0.3, -0.25) is 14.2 Å². The topological polar surface area (TPSA) is 105 Å². The Hall–Kier alpha value is -3.04. The Morgan fingerprint density at radius 3 is 2.45 bits per heavy atom. The fourth-order valence-electron chi connectivity index (χ4n) is 3.58. The van der Waals surface area contributed by atoms with Gasteiger partial charge >= 0.3 is 7.12 Å². The third-order valence-electron chi connectivity index (χ3n) is 4.90. The Labute approximate surface area is 167 Å². The molecule has 0 saturated carbocycles. The van der Waals surface area contributed by atoms with Crippen LogP contribution in [0.5, 0.6) is 0 Å². The minimum atomic E-state index is -1.67. The lowest BCUT2D eigenvalue weighted by Crippen LogP contribution is -2.35. The first-order valence-corrected chi connectivity index (χ1v) is 9.33. The summed E-state index contributed by atoms with van der Waals surface area (Å²) in [6, 6.07) is 5.02. The van der Waals surface area contributed by atoms with Crippen molar-refractivity contribution in [1.82, 2.24) is 24.0 Å². The van der Waals surface area contributed by atoms with Crippen LogP contribution in [-0.2, 0) is 5.41 Å². The van der Waals surface area contributed by atoms with Crippen molar-refractivity contribution in [2.75, 3.05) is 0 Å². The minimum absolute atomic E-state index is 0.221. The van der Waals surface area contributed by atoms with Gasteiger partial charge in [-0.05, 0) is 36.9 Å². The van der Waals surface area contributed by atoms with Crippen molar-refractivity contribution < 1.29 is 10.0 Å². The molecule has 4 aromatic heterocycles. The highest BCUT2D eigenvalue weighted by molar-refractivity contribution is 6.58. The van der Waals surface area contributed by atoms with Crippen LogP contribution in [0.2, 0.25) is 0 Å². The summed E-state index contributed by atoms with van der Waals surface area (Å²) in [6.45, 7) is 9.65. The second-order valence-corrected chi connectivity index (χ2v) is 8.28. The smallest absolute Gasteiger partial charge is 0.423 e. The molecule has 4 heterocycles. The number of hydrogen-bond acceptors (Lipinski definition) is 6. The molecule has 0 unspecified atom stereocenters. The van der Waals surface area contributed by atoms with Crippen molar-refractivity contribution in [2.24, 2.45) is 0 Å². The molecule has 0 saturated heterocycles. The Bertz CT molecular complexity index is 1320. The van der Waals surface area contributed by atoms with E-state index in [-0.39, 0.29) is 11.0 Å². The molecule has 9 heteroatoms. The summed E-state index contributed by atoms with van der Waals surface area (Å²) in [5.41, 5.74) is 4.02. The maximum Gasteiger partial charge on any atom is 0.489 e. The third kappa shape index (κ3) is 3.22. The van der Waals surface area contributed by atoms with E-state index in [1.54, 1.807) is 10.6 Å². The minimum Gasteiger partial charge on any atom is -0.423 e. The Morgan fingerprint density at radius 2 is 1.79 bits per heavy atom. The molecule has 0 amide bonds. The molecule has 4 aromatic rings. The first kappa shape index (κ1) is 19.3. The van der Waals surface area contributed by atoms with Gasteiger partial charge in [0, 0.05) is 6.20 Å². The van der Waals surface area contributed by atoms with E-state index in [2.05, 4.69) is 10.1 Å². The van der Waals surface area contributed by atoms with Gasteiger partial charge in [-0.1, -0.05) is 26.8 Å². The summed E-state index contributed by atoms with van der Waals surface area (Å²) in [4.78, 5) is 22.6. The zero-order valence-electron chi connectivity index (χ0n) is 17.0. The highest BCUT2D eigenvalue weighted by atomic mass is 16.4. The second kappa shape index (κ2) is 6.50. The first-order valence-electron chi connectivity index (χ1n) is 9.33. The van der Waals surface area contributed by atoms with Gasteiger partial charge in [0.1, 0.15) is 17.0 Å². The van der Waals surface area contributed by atoms with Gasteiger partial charge in [0.05, 0.1) is 28.7 Å². The van der Waals surface area contributed by atoms with Gasteiger partial charge in [0.2, 0.25) is 0 Å².